The summed E-state index contributed by atoms with van der Waals surface area (Å²) in [4.78, 5) is 13.2. The quantitative estimate of drug-likeness (QED) is 0.867. The maximum Gasteiger partial charge on any atom is 0.219 e. The summed E-state index contributed by atoms with van der Waals surface area (Å²) in [7, 11) is 0. The van der Waals surface area contributed by atoms with Gasteiger partial charge in [0.25, 0.3) is 0 Å². The van der Waals surface area contributed by atoms with Gasteiger partial charge in [-0.25, -0.2) is 0 Å². The van der Waals surface area contributed by atoms with Crippen LogP contribution in [0.5, 0.6) is 0 Å². The average Bonchev–Trinajstić information content (AvgIpc) is 2.47. The number of para-hydroxylation sites is 1. The third-order valence-corrected chi connectivity index (χ3v) is 4.02. The van der Waals surface area contributed by atoms with Crippen molar-refractivity contribution in [3.63, 3.8) is 0 Å². The number of nitrogens with two attached hydrogens (primary N) is 1. The van der Waals surface area contributed by atoms with Gasteiger partial charge in [-0.3, -0.25) is 4.79 Å². The van der Waals surface area contributed by atoms with Crippen molar-refractivity contribution >= 4 is 11.6 Å². The molecule has 2 N–H and O–H groups in total. The summed E-state index contributed by atoms with van der Waals surface area (Å²) in [5, 5.41) is 0. The lowest BCUT2D eigenvalue weighted by Gasteiger charge is -2.31. The van der Waals surface area contributed by atoms with Crippen molar-refractivity contribution in [3.05, 3.63) is 29.8 Å². The molecule has 1 aliphatic heterocycles. The fourth-order valence-electron chi connectivity index (χ4n) is 2.64. The summed E-state index contributed by atoms with van der Waals surface area (Å²) in [6, 6.07) is 8.81. The average molecular weight is 232 g/mol. The Hall–Kier alpha value is -1.51. The molecule has 1 amide bonds. The molecule has 0 fully saturated rings. The van der Waals surface area contributed by atoms with E-state index in [1.165, 1.54) is 11.3 Å². The lowest BCUT2D eigenvalue weighted by Crippen LogP contribution is -2.40. The van der Waals surface area contributed by atoms with Crippen LogP contribution in [-0.4, -0.2) is 18.5 Å². The highest BCUT2D eigenvalue weighted by Gasteiger charge is 2.41. The van der Waals surface area contributed by atoms with Crippen LogP contribution in [0.25, 0.3) is 0 Å². The van der Waals surface area contributed by atoms with Gasteiger partial charge in [-0.05, 0) is 18.6 Å². The minimum atomic E-state index is -0.237. The van der Waals surface area contributed by atoms with Gasteiger partial charge in [0.2, 0.25) is 5.91 Å². The summed E-state index contributed by atoms with van der Waals surface area (Å²) < 4.78 is 0. The Morgan fingerprint density at radius 1 is 1.41 bits per heavy atom. The monoisotopic (exact) mass is 232 g/mol. The molecule has 0 bridgehead atoms. The van der Waals surface area contributed by atoms with E-state index in [1.807, 2.05) is 6.07 Å². The summed E-state index contributed by atoms with van der Waals surface area (Å²) in [5.41, 5.74) is 7.96. The summed E-state index contributed by atoms with van der Waals surface area (Å²) in [6.45, 7) is 7.42. The molecule has 1 aromatic rings. The smallest absolute Gasteiger partial charge is 0.219 e. The lowest BCUT2D eigenvalue weighted by molar-refractivity contribution is -0.117. The SMILES string of the molecule is C[C@H]1N(CCC(N)=O)c2ccccc2C1(C)C. The second-order valence-electron chi connectivity index (χ2n) is 5.32. The van der Waals surface area contributed by atoms with E-state index >= 15 is 0 Å². The predicted octanol–water partition coefficient (Wildman–Crippen LogP) is 2.05. The van der Waals surface area contributed by atoms with Crippen molar-refractivity contribution in [1.82, 2.24) is 0 Å². The van der Waals surface area contributed by atoms with E-state index in [0.29, 0.717) is 19.0 Å². The Labute approximate surface area is 103 Å². The van der Waals surface area contributed by atoms with Gasteiger partial charge < -0.3 is 10.6 Å². The zero-order valence-corrected chi connectivity index (χ0v) is 10.7. The van der Waals surface area contributed by atoms with Crippen LogP contribution < -0.4 is 10.6 Å². The molecule has 1 aliphatic rings. The zero-order chi connectivity index (χ0) is 12.6. The molecule has 0 unspecified atom stereocenters. The Morgan fingerprint density at radius 2 is 2.06 bits per heavy atom. The van der Waals surface area contributed by atoms with E-state index in [1.54, 1.807) is 0 Å². The molecule has 0 radical (unpaired) electrons. The largest absolute Gasteiger partial charge is 0.370 e. The van der Waals surface area contributed by atoms with Gasteiger partial charge >= 0.3 is 0 Å². The van der Waals surface area contributed by atoms with E-state index < -0.39 is 0 Å². The number of hydrogen-bond donors (Lipinski definition) is 1. The van der Waals surface area contributed by atoms with Crippen LogP contribution in [0.4, 0.5) is 5.69 Å². The number of carbonyl (C=O) groups is 1. The minimum absolute atomic E-state index is 0.119. The molecule has 3 nitrogen and oxygen atoms in total. The Bertz CT molecular complexity index is 440. The van der Waals surface area contributed by atoms with Crippen molar-refractivity contribution in [2.24, 2.45) is 5.73 Å². The van der Waals surface area contributed by atoms with E-state index in [0.717, 1.165) is 0 Å². The minimum Gasteiger partial charge on any atom is -0.370 e. The van der Waals surface area contributed by atoms with Crippen molar-refractivity contribution in [2.45, 2.75) is 38.6 Å². The third kappa shape index (κ3) is 1.90. The van der Waals surface area contributed by atoms with Gasteiger partial charge in [0.05, 0.1) is 0 Å². The van der Waals surface area contributed by atoms with Gasteiger partial charge in [0.1, 0.15) is 0 Å². The number of nitrogens with zero attached hydrogens (tertiary/aromatic N) is 1. The molecule has 17 heavy (non-hydrogen) atoms. The third-order valence-electron chi connectivity index (χ3n) is 4.02. The standard InChI is InChI=1S/C14H20N2O/c1-10-14(2,3)11-6-4-5-7-12(11)16(10)9-8-13(15)17/h4-7,10H,8-9H2,1-3H3,(H2,15,17)/t10-/m1/s1. The first-order valence-electron chi connectivity index (χ1n) is 6.09. The van der Waals surface area contributed by atoms with Crippen LogP contribution >= 0.6 is 0 Å². The van der Waals surface area contributed by atoms with Crippen molar-refractivity contribution in [2.75, 3.05) is 11.4 Å². The summed E-state index contributed by atoms with van der Waals surface area (Å²) in [5.74, 6) is -0.237. The molecule has 0 aliphatic carbocycles. The van der Waals surface area contributed by atoms with Crippen LogP contribution in [0.3, 0.4) is 0 Å². The molecule has 0 saturated carbocycles. The first kappa shape index (κ1) is 12.0. The number of amides is 1. The number of rotatable bonds is 3. The highest BCUT2D eigenvalue weighted by Crippen LogP contribution is 2.44. The molecule has 0 saturated heterocycles. The second-order valence-corrected chi connectivity index (χ2v) is 5.32. The molecule has 1 heterocycles. The number of anilines is 1. The van der Waals surface area contributed by atoms with E-state index in [-0.39, 0.29) is 11.3 Å². The van der Waals surface area contributed by atoms with E-state index in [4.69, 9.17) is 5.73 Å². The van der Waals surface area contributed by atoms with Gasteiger partial charge in [0.15, 0.2) is 0 Å². The molecule has 3 heteroatoms. The topological polar surface area (TPSA) is 46.3 Å². The first-order chi connectivity index (χ1) is 7.94. The van der Waals surface area contributed by atoms with Crippen molar-refractivity contribution < 1.29 is 4.79 Å². The van der Waals surface area contributed by atoms with Crippen molar-refractivity contribution in [3.8, 4) is 0 Å². The fourth-order valence-corrected chi connectivity index (χ4v) is 2.64. The van der Waals surface area contributed by atoms with Crippen molar-refractivity contribution in [1.29, 1.82) is 0 Å². The zero-order valence-electron chi connectivity index (χ0n) is 10.7. The summed E-state index contributed by atoms with van der Waals surface area (Å²) in [6.07, 6.45) is 0.411. The molecule has 1 atom stereocenters. The van der Waals surface area contributed by atoms with Gasteiger partial charge in [-0.2, -0.15) is 0 Å². The number of carbonyl (C=O) groups excluding carboxylic acids is 1. The normalized spacial score (nSPS) is 21.4. The second kappa shape index (κ2) is 4.06. The summed E-state index contributed by atoms with van der Waals surface area (Å²) >= 11 is 0. The van der Waals surface area contributed by atoms with Gasteiger partial charge in [-0.15, -0.1) is 0 Å². The molecule has 1 aromatic carbocycles. The Balaban J connectivity index is 2.32. The fraction of sp³-hybridized carbons (Fsp3) is 0.500. The molecule has 0 aromatic heterocycles. The number of hydrogen-bond acceptors (Lipinski definition) is 2. The Morgan fingerprint density at radius 3 is 2.71 bits per heavy atom. The number of primary amides is 1. The van der Waals surface area contributed by atoms with Crippen LogP contribution in [0.1, 0.15) is 32.8 Å². The van der Waals surface area contributed by atoms with Crippen LogP contribution in [0.15, 0.2) is 24.3 Å². The highest BCUT2D eigenvalue weighted by atomic mass is 16.1. The number of benzene rings is 1. The molecular formula is C14H20N2O. The highest BCUT2D eigenvalue weighted by molar-refractivity contribution is 5.75. The van der Waals surface area contributed by atoms with Gasteiger partial charge in [0, 0.05) is 30.1 Å². The lowest BCUT2D eigenvalue weighted by atomic mass is 9.81. The molecule has 0 spiro atoms. The maximum atomic E-state index is 10.9. The molecular weight excluding hydrogens is 212 g/mol. The first-order valence-corrected chi connectivity index (χ1v) is 6.09. The number of fused-ring (bicyclic) bond motifs is 1. The van der Waals surface area contributed by atoms with Crippen LogP contribution in [0.2, 0.25) is 0 Å². The maximum absolute atomic E-state index is 10.9. The van der Waals surface area contributed by atoms with Gasteiger partial charge in [-0.1, -0.05) is 32.0 Å². The van der Waals surface area contributed by atoms with Crippen LogP contribution in [-0.2, 0) is 10.2 Å². The molecule has 2 rings (SSSR count). The van der Waals surface area contributed by atoms with E-state index in [9.17, 15) is 4.79 Å². The predicted molar refractivity (Wildman–Crippen MR) is 70.1 cm³/mol. The van der Waals surface area contributed by atoms with E-state index in [2.05, 4.69) is 43.9 Å². The molecule has 92 valence electrons. The van der Waals surface area contributed by atoms with Crippen LogP contribution in [0, 0.1) is 0 Å². The Kier molecular flexibility index (Phi) is 2.86.